The summed E-state index contributed by atoms with van der Waals surface area (Å²) in [6.45, 7) is 8.54. The number of carbonyl (C=O) groups is 1. The highest BCUT2D eigenvalue weighted by Crippen LogP contribution is 2.46. The van der Waals surface area contributed by atoms with Crippen LogP contribution in [0.4, 0.5) is 0 Å². The minimum Gasteiger partial charge on any atom is -0.463 e. The molecular formula is C25H40O6. The second-order valence-electron chi connectivity index (χ2n) is 9.48. The molecule has 3 fully saturated rings. The summed E-state index contributed by atoms with van der Waals surface area (Å²) in [5, 5.41) is 9.73. The second-order valence-corrected chi connectivity index (χ2v) is 9.48. The third-order valence-electron chi connectivity index (χ3n) is 6.81. The van der Waals surface area contributed by atoms with E-state index >= 15 is 0 Å². The minimum atomic E-state index is -0.479. The lowest BCUT2D eigenvalue weighted by Gasteiger charge is -2.37. The molecule has 0 radical (unpaired) electrons. The lowest BCUT2D eigenvalue weighted by atomic mass is 9.87. The van der Waals surface area contributed by atoms with E-state index in [1.54, 1.807) is 13.0 Å². The molecule has 0 amide bonds. The van der Waals surface area contributed by atoms with Crippen LogP contribution in [0.15, 0.2) is 23.8 Å². The average molecular weight is 437 g/mol. The Morgan fingerprint density at radius 2 is 1.90 bits per heavy atom. The fourth-order valence-corrected chi connectivity index (χ4v) is 4.84. The van der Waals surface area contributed by atoms with Crippen LogP contribution >= 0.6 is 0 Å². The van der Waals surface area contributed by atoms with Crippen molar-refractivity contribution in [2.24, 2.45) is 11.8 Å². The van der Waals surface area contributed by atoms with Crippen molar-refractivity contribution in [2.45, 2.75) is 103 Å². The highest BCUT2D eigenvalue weighted by Gasteiger charge is 2.54. The van der Waals surface area contributed by atoms with Gasteiger partial charge in [0, 0.05) is 24.8 Å². The molecule has 6 unspecified atom stereocenters. The highest BCUT2D eigenvalue weighted by molar-refractivity contribution is 5.82. The molecule has 0 aromatic carbocycles. The summed E-state index contributed by atoms with van der Waals surface area (Å²) >= 11 is 0. The Hall–Kier alpha value is -1.21. The Morgan fingerprint density at radius 3 is 2.58 bits per heavy atom. The lowest BCUT2D eigenvalue weighted by Crippen LogP contribution is -2.48. The summed E-state index contributed by atoms with van der Waals surface area (Å²) in [4.78, 5) is 11.8. The van der Waals surface area contributed by atoms with Crippen molar-refractivity contribution in [3.05, 3.63) is 23.8 Å². The fraction of sp³-hybridized carbons (Fsp3) is 0.800. The molecule has 0 bridgehead atoms. The minimum absolute atomic E-state index is 0.0150. The van der Waals surface area contributed by atoms with Crippen LogP contribution in [0.5, 0.6) is 0 Å². The SMILES string of the molecule is CCOC(=O)C=C(C)CC1OCC(CC=CC(C)C(C)O)C2OC3(CCCCC3)OC12. The number of carbonyl (C=O) groups excluding carboxylic acids is 1. The first kappa shape index (κ1) is 24.4. The van der Waals surface area contributed by atoms with Gasteiger partial charge in [0.05, 0.1) is 31.5 Å². The van der Waals surface area contributed by atoms with Crippen molar-refractivity contribution in [1.82, 2.24) is 0 Å². The molecule has 0 aromatic rings. The van der Waals surface area contributed by atoms with Gasteiger partial charge in [0.25, 0.3) is 0 Å². The second kappa shape index (κ2) is 11.1. The first-order valence-electron chi connectivity index (χ1n) is 12.0. The summed E-state index contributed by atoms with van der Waals surface area (Å²) in [5.41, 5.74) is 0.930. The number of esters is 1. The Balaban J connectivity index is 1.70. The van der Waals surface area contributed by atoms with Crippen molar-refractivity contribution < 1.29 is 28.8 Å². The number of hydrogen-bond donors (Lipinski definition) is 1. The Labute approximate surface area is 187 Å². The zero-order chi connectivity index (χ0) is 22.4. The maximum Gasteiger partial charge on any atom is 0.330 e. The van der Waals surface area contributed by atoms with Crippen molar-refractivity contribution in [3.63, 3.8) is 0 Å². The van der Waals surface area contributed by atoms with Gasteiger partial charge in [0.2, 0.25) is 0 Å². The number of fused-ring (bicyclic) bond motifs is 1. The topological polar surface area (TPSA) is 74.2 Å². The zero-order valence-corrected chi connectivity index (χ0v) is 19.5. The van der Waals surface area contributed by atoms with E-state index in [4.69, 9.17) is 18.9 Å². The Morgan fingerprint density at radius 1 is 1.19 bits per heavy atom. The number of allylic oxidation sites excluding steroid dienone is 1. The third-order valence-corrected chi connectivity index (χ3v) is 6.81. The maximum atomic E-state index is 11.8. The predicted octanol–water partition coefficient (Wildman–Crippen LogP) is 4.31. The van der Waals surface area contributed by atoms with Crippen LogP contribution in [0, 0.1) is 11.8 Å². The van der Waals surface area contributed by atoms with Crippen molar-refractivity contribution >= 4 is 5.97 Å². The molecule has 2 saturated heterocycles. The van der Waals surface area contributed by atoms with E-state index in [1.807, 2.05) is 20.8 Å². The van der Waals surface area contributed by atoms with Crippen LogP contribution < -0.4 is 0 Å². The normalized spacial score (nSPS) is 32.7. The molecular weight excluding hydrogens is 396 g/mol. The predicted molar refractivity (Wildman–Crippen MR) is 118 cm³/mol. The largest absolute Gasteiger partial charge is 0.463 e. The van der Waals surface area contributed by atoms with E-state index in [9.17, 15) is 9.90 Å². The Kier molecular flexibility index (Phi) is 8.74. The number of aliphatic hydroxyl groups is 1. The third kappa shape index (κ3) is 6.41. The quantitative estimate of drug-likeness (QED) is 0.347. The van der Waals surface area contributed by atoms with Gasteiger partial charge < -0.3 is 24.1 Å². The maximum absolute atomic E-state index is 11.8. The van der Waals surface area contributed by atoms with Crippen LogP contribution in [0.3, 0.4) is 0 Å². The van der Waals surface area contributed by atoms with Crippen molar-refractivity contribution in [2.75, 3.05) is 13.2 Å². The number of ether oxygens (including phenoxy) is 4. The molecule has 31 heavy (non-hydrogen) atoms. The molecule has 1 aliphatic carbocycles. The molecule has 6 atom stereocenters. The molecule has 0 aromatic heterocycles. The van der Waals surface area contributed by atoms with E-state index in [2.05, 4.69) is 12.2 Å². The molecule has 2 aliphatic heterocycles. The van der Waals surface area contributed by atoms with E-state index in [0.717, 1.165) is 37.7 Å². The van der Waals surface area contributed by atoms with Gasteiger partial charge in [-0.3, -0.25) is 0 Å². The molecule has 3 rings (SSSR count). The van der Waals surface area contributed by atoms with Gasteiger partial charge >= 0.3 is 5.97 Å². The van der Waals surface area contributed by atoms with Crippen LogP contribution in [0.25, 0.3) is 0 Å². The molecule has 176 valence electrons. The lowest BCUT2D eigenvalue weighted by molar-refractivity contribution is -0.198. The van der Waals surface area contributed by atoms with Gasteiger partial charge in [-0.1, -0.05) is 31.1 Å². The first-order valence-corrected chi connectivity index (χ1v) is 12.0. The van der Waals surface area contributed by atoms with Crippen LogP contribution in [0.1, 0.15) is 72.6 Å². The molecule has 1 spiro atoms. The molecule has 2 heterocycles. The summed E-state index contributed by atoms with van der Waals surface area (Å²) < 4.78 is 24.6. The summed E-state index contributed by atoms with van der Waals surface area (Å²) in [7, 11) is 0. The van der Waals surface area contributed by atoms with Gasteiger partial charge in [0.15, 0.2) is 5.79 Å². The molecule has 6 heteroatoms. The highest BCUT2D eigenvalue weighted by atomic mass is 16.8. The average Bonchev–Trinajstić information content (AvgIpc) is 3.09. The van der Waals surface area contributed by atoms with E-state index in [0.29, 0.717) is 19.6 Å². The van der Waals surface area contributed by atoms with Crippen LogP contribution in [-0.2, 0) is 23.7 Å². The molecule has 6 nitrogen and oxygen atoms in total. The fourth-order valence-electron chi connectivity index (χ4n) is 4.84. The number of hydrogen-bond acceptors (Lipinski definition) is 6. The first-order chi connectivity index (χ1) is 14.8. The zero-order valence-electron chi connectivity index (χ0n) is 19.5. The van der Waals surface area contributed by atoms with Gasteiger partial charge in [-0.15, -0.1) is 0 Å². The van der Waals surface area contributed by atoms with Crippen LogP contribution in [-0.4, -0.2) is 54.5 Å². The number of aliphatic hydroxyl groups excluding tert-OH is 1. The van der Waals surface area contributed by atoms with Gasteiger partial charge in [-0.2, -0.15) is 0 Å². The van der Waals surface area contributed by atoms with E-state index in [-0.39, 0.29) is 42.2 Å². The summed E-state index contributed by atoms with van der Waals surface area (Å²) in [6.07, 6.45) is 12.0. The van der Waals surface area contributed by atoms with Gasteiger partial charge in [0.1, 0.15) is 6.10 Å². The van der Waals surface area contributed by atoms with E-state index < -0.39 is 5.79 Å². The standard InChI is InChI=1S/C25H40O6/c1-5-28-22(27)15-17(2)14-21-24-23(30-25(31-24)12-7-6-8-13-25)20(16-29-21)11-9-10-18(3)19(4)26/h9-10,15,18-21,23-24,26H,5-8,11-14,16H2,1-4H3. The molecule has 1 saturated carbocycles. The summed E-state index contributed by atoms with van der Waals surface area (Å²) in [6, 6.07) is 0. The van der Waals surface area contributed by atoms with Gasteiger partial charge in [-0.05, 0) is 52.4 Å². The summed E-state index contributed by atoms with van der Waals surface area (Å²) in [5.74, 6) is -0.453. The smallest absolute Gasteiger partial charge is 0.330 e. The van der Waals surface area contributed by atoms with E-state index in [1.165, 1.54) is 6.42 Å². The van der Waals surface area contributed by atoms with Crippen LogP contribution in [0.2, 0.25) is 0 Å². The molecule has 3 aliphatic rings. The monoisotopic (exact) mass is 436 g/mol. The molecule has 1 N–H and O–H groups in total. The van der Waals surface area contributed by atoms with Crippen molar-refractivity contribution in [3.8, 4) is 0 Å². The van der Waals surface area contributed by atoms with Gasteiger partial charge in [-0.25, -0.2) is 4.79 Å². The number of rotatable bonds is 8. The Bertz CT molecular complexity index is 648. The van der Waals surface area contributed by atoms with Crippen molar-refractivity contribution in [1.29, 1.82) is 0 Å².